The van der Waals surface area contributed by atoms with E-state index in [4.69, 9.17) is 4.74 Å². The molecule has 2 amide bonds. The van der Waals surface area contributed by atoms with Gasteiger partial charge in [0.2, 0.25) is 0 Å². The standard InChI is InChI=1S/C17H29N5O3S/c1-17(2,3)25-16(24)22-11-10-21-15(18-4)20-9-6-8-19-14(23)13-7-5-12-26-13/h5,7,12H,6,8-11H2,1-4H3,(H,19,23)(H,22,24)(H2,18,20,21). The second-order valence-electron chi connectivity index (χ2n) is 6.44. The number of hydrogen-bond donors (Lipinski definition) is 4. The number of thiophene rings is 1. The molecule has 0 atom stereocenters. The summed E-state index contributed by atoms with van der Waals surface area (Å²) < 4.78 is 5.15. The highest BCUT2D eigenvalue weighted by atomic mass is 32.1. The summed E-state index contributed by atoms with van der Waals surface area (Å²) in [5.74, 6) is 0.594. The van der Waals surface area contributed by atoms with Crippen LogP contribution >= 0.6 is 11.3 Å². The average Bonchev–Trinajstić information content (AvgIpc) is 3.09. The van der Waals surface area contributed by atoms with E-state index in [1.165, 1.54) is 11.3 Å². The Hall–Kier alpha value is -2.29. The molecule has 0 fully saturated rings. The fraction of sp³-hybridized carbons (Fsp3) is 0.588. The zero-order chi connectivity index (χ0) is 19.4. The number of alkyl carbamates (subject to hydrolysis) is 1. The first-order chi connectivity index (χ1) is 12.3. The van der Waals surface area contributed by atoms with Gasteiger partial charge < -0.3 is 26.0 Å². The second kappa shape index (κ2) is 11.3. The molecule has 0 aliphatic carbocycles. The van der Waals surface area contributed by atoms with Crippen molar-refractivity contribution in [2.24, 2.45) is 4.99 Å². The Labute approximate surface area is 158 Å². The van der Waals surface area contributed by atoms with Gasteiger partial charge in [0.15, 0.2) is 5.96 Å². The van der Waals surface area contributed by atoms with Crippen LogP contribution in [0.2, 0.25) is 0 Å². The average molecular weight is 384 g/mol. The zero-order valence-electron chi connectivity index (χ0n) is 15.8. The van der Waals surface area contributed by atoms with Crippen LogP contribution < -0.4 is 21.3 Å². The van der Waals surface area contributed by atoms with Gasteiger partial charge in [-0.05, 0) is 38.6 Å². The molecule has 0 unspecified atom stereocenters. The van der Waals surface area contributed by atoms with Crippen LogP contribution in [0, 0.1) is 0 Å². The summed E-state index contributed by atoms with van der Waals surface area (Å²) in [6, 6.07) is 3.66. The van der Waals surface area contributed by atoms with Crippen molar-refractivity contribution in [1.82, 2.24) is 21.3 Å². The maximum absolute atomic E-state index is 11.8. The third-order valence-electron chi connectivity index (χ3n) is 2.99. The molecule has 0 spiro atoms. The van der Waals surface area contributed by atoms with Crippen molar-refractivity contribution in [2.75, 3.05) is 33.2 Å². The number of amides is 2. The zero-order valence-corrected chi connectivity index (χ0v) is 16.7. The number of hydrogen-bond acceptors (Lipinski definition) is 5. The summed E-state index contributed by atoms with van der Waals surface area (Å²) in [6.07, 6.45) is 0.331. The van der Waals surface area contributed by atoms with Crippen LogP contribution in [0.1, 0.15) is 36.9 Å². The van der Waals surface area contributed by atoms with Crippen molar-refractivity contribution in [3.05, 3.63) is 22.4 Å². The SMILES string of the molecule is CN=C(NCCCNC(=O)c1cccs1)NCCNC(=O)OC(C)(C)C. The van der Waals surface area contributed by atoms with E-state index in [1.807, 2.05) is 32.2 Å². The van der Waals surface area contributed by atoms with Gasteiger partial charge in [-0.15, -0.1) is 11.3 Å². The highest BCUT2D eigenvalue weighted by molar-refractivity contribution is 7.12. The molecule has 0 radical (unpaired) electrons. The molecule has 0 aliphatic rings. The molecule has 1 heterocycles. The minimum Gasteiger partial charge on any atom is -0.444 e. The monoisotopic (exact) mass is 383 g/mol. The van der Waals surface area contributed by atoms with E-state index in [2.05, 4.69) is 26.3 Å². The molecule has 8 nitrogen and oxygen atoms in total. The minimum atomic E-state index is -0.506. The van der Waals surface area contributed by atoms with E-state index in [-0.39, 0.29) is 5.91 Å². The van der Waals surface area contributed by atoms with Crippen molar-refractivity contribution in [3.8, 4) is 0 Å². The Bertz CT molecular complexity index is 582. The molecule has 26 heavy (non-hydrogen) atoms. The first-order valence-corrected chi connectivity index (χ1v) is 9.43. The number of carbonyl (C=O) groups is 2. The molecule has 0 bridgehead atoms. The number of nitrogens with zero attached hydrogens (tertiary/aromatic N) is 1. The molecule has 9 heteroatoms. The van der Waals surface area contributed by atoms with E-state index >= 15 is 0 Å². The molecule has 0 saturated carbocycles. The van der Waals surface area contributed by atoms with Crippen LogP contribution in [-0.2, 0) is 4.74 Å². The summed E-state index contributed by atoms with van der Waals surface area (Å²) >= 11 is 1.42. The van der Waals surface area contributed by atoms with E-state index < -0.39 is 11.7 Å². The summed E-state index contributed by atoms with van der Waals surface area (Å²) in [4.78, 5) is 28.1. The van der Waals surface area contributed by atoms with E-state index in [0.717, 1.165) is 6.42 Å². The molecule has 146 valence electrons. The predicted molar refractivity (Wildman–Crippen MR) is 105 cm³/mol. The van der Waals surface area contributed by atoms with Crippen LogP contribution in [0.15, 0.2) is 22.5 Å². The van der Waals surface area contributed by atoms with Crippen molar-refractivity contribution in [1.29, 1.82) is 0 Å². The number of ether oxygens (including phenoxy) is 1. The van der Waals surface area contributed by atoms with Gasteiger partial charge in [-0.2, -0.15) is 0 Å². The molecule has 4 N–H and O–H groups in total. The summed E-state index contributed by atoms with van der Waals surface area (Å²) in [5.41, 5.74) is -0.506. The summed E-state index contributed by atoms with van der Waals surface area (Å²) in [6.45, 7) is 7.66. The topological polar surface area (TPSA) is 104 Å². The fourth-order valence-electron chi connectivity index (χ4n) is 1.87. The van der Waals surface area contributed by atoms with E-state index in [9.17, 15) is 9.59 Å². The van der Waals surface area contributed by atoms with Gasteiger partial charge in [-0.3, -0.25) is 9.79 Å². The van der Waals surface area contributed by atoms with Crippen LogP contribution in [0.4, 0.5) is 4.79 Å². The number of guanidine groups is 1. The Morgan fingerprint density at radius 3 is 2.35 bits per heavy atom. The van der Waals surface area contributed by atoms with Crippen LogP contribution in [-0.4, -0.2) is 56.8 Å². The van der Waals surface area contributed by atoms with E-state index in [1.54, 1.807) is 13.1 Å². The number of nitrogens with one attached hydrogen (secondary N) is 4. The minimum absolute atomic E-state index is 0.0456. The molecule has 1 aromatic rings. The van der Waals surface area contributed by atoms with Gasteiger partial charge in [-0.1, -0.05) is 6.07 Å². The lowest BCUT2D eigenvalue weighted by molar-refractivity contribution is 0.0528. The number of carbonyl (C=O) groups excluding carboxylic acids is 2. The Morgan fingerprint density at radius 1 is 1.08 bits per heavy atom. The third-order valence-corrected chi connectivity index (χ3v) is 3.85. The van der Waals surface area contributed by atoms with Crippen molar-refractivity contribution < 1.29 is 14.3 Å². The molecule has 1 aromatic heterocycles. The molecule has 0 saturated heterocycles. The smallest absolute Gasteiger partial charge is 0.407 e. The molecular formula is C17H29N5O3S. The van der Waals surface area contributed by atoms with Crippen molar-refractivity contribution in [3.63, 3.8) is 0 Å². The third kappa shape index (κ3) is 9.87. The lowest BCUT2D eigenvalue weighted by Crippen LogP contribution is -2.43. The largest absolute Gasteiger partial charge is 0.444 e. The van der Waals surface area contributed by atoms with Crippen LogP contribution in [0.3, 0.4) is 0 Å². The molecule has 0 aromatic carbocycles. The molecular weight excluding hydrogens is 354 g/mol. The van der Waals surface area contributed by atoms with Gasteiger partial charge in [0.25, 0.3) is 5.91 Å². The van der Waals surface area contributed by atoms with Gasteiger partial charge >= 0.3 is 6.09 Å². The Balaban J connectivity index is 2.08. The van der Waals surface area contributed by atoms with Gasteiger partial charge in [-0.25, -0.2) is 4.79 Å². The molecule has 1 rings (SSSR count). The maximum Gasteiger partial charge on any atom is 0.407 e. The maximum atomic E-state index is 11.8. The summed E-state index contributed by atoms with van der Waals surface area (Å²) in [7, 11) is 1.68. The first kappa shape index (κ1) is 21.8. The van der Waals surface area contributed by atoms with Crippen LogP contribution in [0.25, 0.3) is 0 Å². The normalized spacial score (nSPS) is 11.6. The highest BCUT2D eigenvalue weighted by Gasteiger charge is 2.15. The quantitative estimate of drug-likeness (QED) is 0.310. The fourth-order valence-corrected chi connectivity index (χ4v) is 2.51. The van der Waals surface area contributed by atoms with Crippen molar-refractivity contribution >= 4 is 29.3 Å². The Kier molecular flexibility index (Phi) is 9.50. The Morgan fingerprint density at radius 2 is 1.73 bits per heavy atom. The predicted octanol–water partition coefficient (Wildman–Crippen LogP) is 1.56. The van der Waals surface area contributed by atoms with Gasteiger partial charge in [0, 0.05) is 33.2 Å². The molecule has 0 aliphatic heterocycles. The van der Waals surface area contributed by atoms with Gasteiger partial charge in [0.05, 0.1) is 4.88 Å². The van der Waals surface area contributed by atoms with Crippen LogP contribution in [0.5, 0.6) is 0 Å². The van der Waals surface area contributed by atoms with Gasteiger partial charge in [0.1, 0.15) is 5.60 Å². The first-order valence-electron chi connectivity index (χ1n) is 8.55. The van der Waals surface area contributed by atoms with E-state index in [0.29, 0.717) is 37.0 Å². The number of rotatable bonds is 8. The lowest BCUT2D eigenvalue weighted by atomic mass is 10.2. The highest BCUT2D eigenvalue weighted by Crippen LogP contribution is 2.07. The summed E-state index contributed by atoms with van der Waals surface area (Å²) in [5, 5.41) is 13.7. The lowest BCUT2D eigenvalue weighted by Gasteiger charge is -2.19. The second-order valence-corrected chi connectivity index (χ2v) is 7.39. The number of aliphatic imine (C=N–C) groups is 1. The van der Waals surface area contributed by atoms with Crippen molar-refractivity contribution in [2.45, 2.75) is 32.8 Å².